The van der Waals surface area contributed by atoms with Crippen LogP contribution in [0.4, 0.5) is 8.78 Å². The first-order valence-corrected chi connectivity index (χ1v) is 4.96. The second kappa shape index (κ2) is 3.69. The minimum atomic E-state index is -2.75. The molecule has 0 amide bonds. The lowest BCUT2D eigenvalue weighted by Crippen LogP contribution is -2.45. The van der Waals surface area contributed by atoms with Crippen LogP contribution in [-0.4, -0.2) is 17.6 Å². The molecule has 1 fully saturated rings. The van der Waals surface area contributed by atoms with E-state index in [1.807, 2.05) is 0 Å². The van der Waals surface area contributed by atoms with Gasteiger partial charge in [0.1, 0.15) is 0 Å². The molecule has 2 N–H and O–H groups in total. The quantitative estimate of drug-likeness (QED) is 0.753. The zero-order chi connectivity index (χ0) is 10.0. The number of rotatable bonds is 2. The van der Waals surface area contributed by atoms with Gasteiger partial charge in [0, 0.05) is 18.0 Å². The van der Waals surface area contributed by atoms with Gasteiger partial charge in [-0.25, -0.2) is 0 Å². The van der Waals surface area contributed by atoms with Gasteiger partial charge in [0.25, 0.3) is 5.92 Å². The van der Waals surface area contributed by atoms with Gasteiger partial charge in [-0.15, -0.1) is 0 Å². The topological polar surface area (TPSA) is 27.8 Å². The number of alkyl halides is 2. The average Bonchev–Trinajstić information content (AvgIpc) is 2.72. The van der Waals surface area contributed by atoms with E-state index in [1.165, 1.54) is 18.5 Å². The fourth-order valence-electron chi connectivity index (χ4n) is 1.89. The third-order valence-corrected chi connectivity index (χ3v) is 2.73. The molecule has 0 bridgehead atoms. The Morgan fingerprint density at radius 2 is 2.21 bits per heavy atom. The summed E-state index contributed by atoms with van der Waals surface area (Å²) in [6, 6.07) is 0.739. The SMILES string of the molecule is FC(F)(c1cc[nH]c1)C1CCCCN1. The Morgan fingerprint density at radius 3 is 2.79 bits per heavy atom. The van der Waals surface area contributed by atoms with Gasteiger partial charge in [-0.2, -0.15) is 8.78 Å². The van der Waals surface area contributed by atoms with Crippen molar-refractivity contribution in [1.29, 1.82) is 0 Å². The fourth-order valence-corrected chi connectivity index (χ4v) is 1.89. The molecule has 1 aliphatic heterocycles. The van der Waals surface area contributed by atoms with Gasteiger partial charge >= 0.3 is 0 Å². The van der Waals surface area contributed by atoms with Crippen molar-refractivity contribution in [2.24, 2.45) is 0 Å². The summed E-state index contributed by atoms with van der Waals surface area (Å²) in [7, 11) is 0. The number of hydrogen-bond acceptors (Lipinski definition) is 1. The molecule has 0 aliphatic carbocycles. The average molecular weight is 200 g/mol. The number of H-pyrrole nitrogens is 1. The van der Waals surface area contributed by atoms with Gasteiger partial charge in [0.15, 0.2) is 0 Å². The molecule has 1 unspecified atom stereocenters. The minimum Gasteiger partial charge on any atom is -0.367 e. The maximum atomic E-state index is 13.8. The first kappa shape index (κ1) is 9.65. The van der Waals surface area contributed by atoms with Crippen molar-refractivity contribution in [3.63, 3.8) is 0 Å². The van der Waals surface area contributed by atoms with E-state index in [2.05, 4.69) is 10.3 Å². The Kier molecular flexibility index (Phi) is 2.54. The van der Waals surface area contributed by atoms with E-state index in [0.717, 1.165) is 12.8 Å². The van der Waals surface area contributed by atoms with Crippen LogP contribution in [0.5, 0.6) is 0 Å². The van der Waals surface area contributed by atoms with Crippen LogP contribution in [0.25, 0.3) is 0 Å². The van der Waals surface area contributed by atoms with Crippen LogP contribution in [0.1, 0.15) is 24.8 Å². The number of aromatic amines is 1. The summed E-state index contributed by atoms with van der Waals surface area (Å²) in [6.45, 7) is 0.699. The summed E-state index contributed by atoms with van der Waals surface area (Å²) < 4.78 is 27.6. The van der Waals surface area contributed by atoms with Gasteiger partial charge in [-0.3, -0.25) is 0 Å². The maximum absolute atomic E-state index is 13.8. The fraction of sp³-hybridized carbons (Fsp3) is 0.600. The lowest BCUT2D eigenvalue weighted by molar-refractivity contribution is -0.0511. The second-order valence-corrected chi connectivity index (χ2v) is 3.73. The van der Waals surface area contributed by atoms with Crippen LogP contribution < -0.4 is 5.32 Å². The number of hydrogen-bond donors (Lipinski definition) is 2. The highest BCUT2D eigenvalue weighted by Gasteiger charge is 2.41. The lowest BCUT2D eigenvalue weighted by Gasteiger charge is -2.30. The molecule has 1 aliphatic rings. The maximum Gasteiger partial charge on any atom is 0.289 e. The molecule has 14 heavy (non-hydrogen) atoms. The van der Waals surface area contributed by atoms with Gasteiger partial charge in [-0.05, 0) is 25.5 Å². The predicted octanol–water partition coefficient (Wildman–Crippen LogP) is 2.25. The molecule has 0 aromatic carbocycles. The molecule has 2 heterocycles. The molecule has 2 nitrogen and oxygen atoms in total. The second-order valence-electron chi connectivity index (χ2n) is 3.73. The first-order valence-electron chi connectivity index (χ1n) is 4.96. The molecule has 4 heteroatoms. The summed E-state index contributed by atoms with van der Waals surface area (Å²) in [4.78, 5) is 2.67. The molecule has 1 aromatic rings. The van der Waals surface area contributed by atoms with Crippen LogP contribution in [0, 0.1) is 0 Å². The molecule has 1 aromatic heterocycles. The van der Waals surface area contributed by atoms with E-state index >= 15 is 0 Å². The van der Waals surface area contributed by atoms with Crippen molar-refractivity contribution in [2.75, 3.05) is 6.54 Å². The van der Waals surface area contributed by atoms with Crippen molar-refractivity contribution in [2.45, 2.75) is 31.2 Å². The molecule has 0 radical (unpaired) electrons. The molecule has 0 spiro atoms. The summed E-state index contributed by atoms with van der Waals surface area (Å²) in [5, 5.41) is 2.88. The summed E-state index contributed by atoms with van der Waals surface area (Å²) >= 11 is 0. The standard InChI is InChI=1S/C10H14F2N2/c11-10(12,8-4-6-13-7-8)9-3-1-2-5-14-9/h4,6-7,9,13-14H,1-3,5H2. The molecule has 1 saturated heterocycles. The van der Waals surface area contributed by atoms with Gasteiger partial charge in [0.2, 0.25) is 0 Å². The lowest BCUT2D eigenvalue weighted by atomic mass is 9.95. The Labute approximate surface area is 81.7 Å². The van der Waals surface area contributed by atoms with E-state index in [-0.39, 0.29) is 5.56 Å². The van der Waals surface area contributed by atoms with Crippen molar-refractivity contribution in [3.05, 3.63) is 24.0 Å². The predicted molar refractivity (Wildman–Crippen MR) is 50.3 cm³/mol. The molecular formula is C10H14F2N2. The van der Waals surface area contributed by atoms with E-state index < -0.39 is 12.0 Å². The summed E-state index contributed by atoms with van der Waals surface area (Å²) in [5.41, 5.74) is 0.0805. The van der Waals surface area contributed by atoms with Crippen LogP contribution in [0.3, 0.4) is 0 Å². The Hall–Kier alpha value is -0.900. The molecular weight excluding hydrogens is 186 g/mol. The molecule has 0 saturated carbocycles. The van der Waals surface area contributed by atoms with Crippen LogP contribution in [-0.2, 0) is 5.92 Å². The highest BCUT2D eigenvalue weighted by atomic mass is 19.3. The number of aromatic nitrogens is 1. The Bertz CT molecular complexity index is 276. The Balaban J connectivity index is 2.14. The van der Waals surface area contributed by atoms with Gasteiger partial charge in [-0.1, -0.05) is 6.42 Å². The van der Waals surface area contributed by atoms with Crippen molar-refractivity contribution >= 4 is 0 Å². The van der Waals surface area contributed by atoms with E-state index in [1.54, 1.807) is 0 Å². The third kappa shape index (κ3) is 1.66. The van der Waals surface area contributed by atoms with E-state index in [0.29, 0.717) is 13.0 Å². The largest absolute Gasteiger partial charge is 0.367 e. The van der Waals surface area contributed by atoms with Gasteiger partial charge in [0.05, 0.1) is 6.04 Å². The smallest absolute Gasteiger partial charge is 0.289 e. The highest BCUT2D eigenvalue weighted by Crippen LogP contribution is 2.34. The highest BCUT2D eigenvalue weighted by molar-refractivity contribution is 5.18. The normalized spacial score (nSPS) is 23.7. The zero-order valence-corrected chi connectivity index (χ0v) is 7.89. The van der Waals surface area contributed by atoms with Crippen molar-refractivity contribution in [3.8, 4) is 0 Å². The van der Waals surface area contributed by atoms with Crippen molar-refractivity contribution < 1.29 is 8.78 Å². The number of halogens is 2. The first-order chi connectivity index (χ1) is 6.71. The zero-order valence-electron chi connectivity index (χ0n) is 7.89. The minimum absolute atomic E-state index is 0.0805. The van der Waals surface area contributed by atoms with Crippen LogP contribution >= 0.6 is 0 Å². The summed E-state index contributed by atoms with van der Waals surface area (Å²) in [6.07, 6.45) is 5.35. The summed E-state index contributed by atoms with van der Waals surface area (Å²) in [5.74, 6) is -2.75. The number of nitrogens with one attached hydrogen (secondary N) is 2. The van der Waals surface area contributed by atoms with E-state index in [4.69, 9.17) is 0 Å². The van der Waals surface area contributed by atoms with Crippen molar-refractivity contribution in [1.82, 2.24) is 10.3 Å². The third-order valence-electron chi connectivity index (χ3n) is 2.73. The molecule has 78 valence electrons. The van der Waals surface area contributed by atoms with E-state index in [9.17, 15) is 8.78 Å². The number of piperidine rings is 1. The van der Waals surface area contributed by atoms with Crippen LogP contribution in [0.15, 0.2) is 18.5 Å². The molecule has 1 atom stereocenters. The molecule has 2 rings (SSSR count). The Morgan fingerprint density at radius 1 is 1.36 bits per heavy atom. The van der Waals surface area contributed by atoms with Crippen LogP contribution in [0.2, 0.25) is 0 Å². The van der Waals surface area contributed by atoms with Gasteiger partial charge < -0.3 is 10.3 Å². The monoisotopic (exact) mass is 200 g/mol.